The Kier molecular flexibility index (Phi) is 4.40. The van der Waals surface area contributed by atoms with E-state index in [2.05, 4.69) is 29.7 Å². The molecule has 2 heteroatoms. The Hall–Kier alpha value is -1.77. The number of nitrogens with zero attached hydrogens (tertiary/aromatic N) is 2. The largest absolute Gasteiger partial charge is 0.292 e. The Morgan fingerprint density at radius 1 is 1.28 bits per heavy atom. The van der Waals surface area contributed by atoms with E-state index in [9.17, 15) is 0 Å². The molecule has 1 fully saturated rings. The summed E-state index contributed by atoms with van der Waals surface area (Å²) in [6, 6.07) is 9.55. The molecule has 92 valence electrons. The van der Waals surface area contributed by atoms with Crippen LogP contribution in [0.15, 0.2) is 24.3 Å². The van der Waals surface area contributed by atoms with Crippen molar-refractivity contribution in [2.75, 3.05) is 19.6 Å². The molecule has 0 spiro atoms. The summed E-state index contributed by atoms with van der Waals surface area (Å²) in [6.45, 7) is 5.50. The van der Waals surface area contributed by atoms with Gasteiger partial charge in [0, 0.05) is 12.1 Å². The highest BCUT2D eigenvalue weighted by Crippen LogP contribution is 2.14. The lowest BCUT2D eigenvalue weighted by Crippen LogP contribution is -2.34. The van der Waals surface area contributed by atoms with Gasteiger partial charge in [0.15, 0.2) is 0 Å². The van der Waals surface area contributed by atoms with Gasteiger partial charge in [0.05, 0.1) is 18.2 Å². The zero-order chi connectivity index (χ0) is 12.8. The van der Waals surface area contributed by atoms with E-state index in [-0.39, 0.29) is 0 Å². The maximum absolute atomic E-state index is 8.71. The summed E-state index contributed by atoms with van der Waals surface area (Å²) in [5.41, 5.74) is 1.67. The van der Waals surface area contributed by atoms with Gasteiger partial charge in [-0.2, -0.15) is 5.26 Å². The molecule has 2 nitrogen and oxygen atoms in total. The summed E-state index contributed by atoms with van der Waals surface area (Å²) in [5, 5.41) is 8.71. The van der Waals surface area contributed by atoms with Gasteiger partial charge in [-0.1, -0.05) is 18.8 Å². The molecule has 1 aliphatic heterocycles. The van der Waals surface area contributed by atoms with E-state index in [1.165, 1.54) is 25.9 Å². The second-order valence-electron chi connectivity index (χ2n) is 4.97. The molecular formula is C16H18N2. The van der Waals surface area contributed by atoms with Gasteiger partial charge in [0.25, 0.3) is 0 Å². The first-order valence-corrected chi connectivity index (χ1v) is 6.49. The topological polar surface area (TPSA) is 27.0 Å². The Morgan fingerprint density at radius 3 is 2.67 bits per heavy atom. The molecule has 2 rings (SSSR count). The van der Waals surface area contributed by atoms with Gasteiger partial charge in [-0.25, -0.2) is 0 Å². The molecule has 0 radical (unpaired) electrons. The normalized spacial score (nSPS) is 19.7. The van der Waals surface area contributed by atoms with Crippen molar-refractivity contribution in [2.24, 2.45) is 5.92 Å². The number of hydrogen-bond donors (Lipinski definition) is 0. The molecule has 1 heterocycles. The molecular weight excluding hydrogens is 220 g/mol. The van der Waals surface area contributed by atoms with E-state index in [0.717, 1.165) is 18.0 Å². The van der Waals surface area contributed by atoms with E-state index in [4.69, 9.17) is 5.26 Å². The first-order chi connectivity index (χ1) is 8.78. The van der Waals surface area contributed by atoms with Crippen LogP contribution in [0.3, 0.4) is 0 Å². The van der Waals surface area contributed by atoms with Crippen molar-refractivity contribution in [1.82, 2.24) is 4.90 Å². The molecule has 1 atom stereocenters. The van der Waals surface area contributed by atoms with Gasteiger partial charge < -0.3 is 0 Å². The highest BCUT2D eigenvalue weighted by atomic mass is 15.1. The number of likely N-dealkylation sites (tertiary alicyclic amines) is 1. The highest BCUT2D eigenvalue weighted by Gasteiger charge is 2.14. The summed E-state index contributed by atoms with van der Waals surface area (Å²) in [6.07, 6.45) is 2.64. The lowest BCUT2D eigenvalue weighted by molar-refractivity contribution is 0.204. The fourth-order valence-corrected chi connectivity index (χ4v) is 2.31. The molecule has 0 bridgehead atoms. The van der Waals surface area contributed by atoms with E-state index >= 15 is 0 Å². The molecule has 0 aromatic heterocycles. The molecule has 1 aromatic rings. The molecule has 18 heavy (non-hydrogen) atoms. The first-order valence-electron chi connectivity index (χ1n) is 6.49. The van der Waals surface area contributed by atoms with Crippen molar-refractivity contribution < 1.29 is 0 Å². The molecule has 1 aromatic carbocycles. The van der Waals surface area contributed by atoms with Gasteiger partial charge in [-0.3, -0.25) is 4.90 Å². The van der Waals surface area contributed by atoms with Crippen molar-refractivity contribution in [3.63, 3.8) is 0 Å². The third kappa shape index (κ3) is 3.62. The van der Waals surface area contributed by atoms with Crippen molar-refractivity contribution in [3.8, 4) is 17.9 Å². The summed E-state index contributed by atoms with van der Waals surface area (Å²) in [5.74, 6) is 7.18. The Balaban J connectivity index is 1.89. The molecule has 1 saturated heterocycles. The highest BCUT2D eigenvalue weighted by molar-refractivity contribution is 5.39. The minimum atomic E-state index is 0.686. The molecule has 0 saturated carbocycles. The predicted octanol–water partition coefficient (Wildman–Crippen LogP) is 2.64. The fourth-order valence-electron chi connectivity index (χ4n) is 2.31. The minimum Gasteiger partial charge on any atom is -0.292 e. The second-order valence-corrected chi connectivity index (χ2v) is 4.97. The van der Waals surface area contributed by atoms with Crippen molar-refractivity contribution >= 4 is 0 Å². The second kappa shape index (κ2) is 6.24. The molecule has 0 aliphatic carbocycles. The number of hydrogen-bond acceptors (Lipinski definition) is 2. The smallest absolute Gasteiger partial charge is 0.0991 e. The Bertz CT molecular complexity index is 485. The SMILES string of the molecule is CC1CCCN(CC#Cc2ccc(C#N)cc2)C1. The van der Waals surface area contributed by atoms with Crippen LogP contribution >= 0.6 is 0 Å². The fraction of sp³-hybridized carbons (Fsp3) is 0.438. The summed E-state index contributed by atoms with van der Waals surface area (Å²) < 4.78 is 0. The van der Waals surface area contributed by atoms with Crippen molar-refractivity contribution in [3.05, 3.63) is 35.4 Å². The average Bonchev–Trinajstić information content (AvgIpc) is 2.40. The van der Waals surface area contributed by atoms with Crippen LogP contribution in [0, 0.1) is 29.1 Å². The van der Waals surface area contributed by atoms with Crippen LogP contribution in [0.5, 0.6) is 0 Å². The number of nitriles is 1. The van der Waals surface area contributed by atoms with Crippen LogP contribution in [0.1, 0.15) is 30.9 Å². The van der Waals surface area contributed by atoms with Crippen molar-refractivity contribution in [2.45, 2.75) is 19.8 Å². The Labute approximate surface area is 109 Å². The zero-order valence-electron chi connectivity index (χ0n) is 10.8. The monoisotopic (exact) mass is 238 g/mol. The lowest BCUT2D eigenvalue weighted by Gasteiger charge is -2.28. The van der Waals surface area contributed by atoms with Gasteiger partial charge >= 0.3 is 0 Å². The van der Waals surface area contributed by atoms with Crippen LogP contribution in [-0.2, 0) is 0 Å². The maximum Gasteiger partial charge on any atom is 0.0991 e. The van der Waals surface area contributed by atoms with E-state index in [1.807, 2.05) is 24.3 Å². The number of benzene rings is 1. The summed E-state index contributed by atoms with van der Waals surface area (Å²) in [7, 11) is 0. The third-order valence-electron chi connectivity index (χ3n) is 3.29. The van der Waals surface area contributed by atoms with Crippen LogP contribution in [-0.4, -0.2) is 24.5 Å². The Morgan fingerprint density at radius 2 is 2.00 bits per heavy atom. The number of piperidine rings is 1. The van der Waals surface area contributed by atoms with Gasteiger partial charge in [0.2, 0.25) is 0 Å². The first kappa shape index (κ1) is 12.7. The number of rotatable bonds is 1. The lowest BCUT2D eigenvalue weighted by atomic mass is 10.0. The van der Waals surface area contributed by atoms with Gasteiger partial charge in [0.1, 0.15) is 0 Å². The molecule has 0 N–H and O–H groups in total. The van der Waals surface area contributed by atoms with Gasteiger partial charge in [-0.05, 0) is 49.6 Å². The van der Waals surface area contributed by atoms with Gasteiger partial charge in [-0.15, -0.1) is 0 Å². The minimum absolute atomic E-state index is 0.686. The van der Waals surface area contributed by atoms with Crippen LogP contribution in [0.4, 0.5) is 0 Å². The van der Waals surface area contributed by atoms with Crippen LogP contribution < -0.4 is 0 Å². The standard InChI is InChI=1S/C16H18N2/c1-14-4-2-10-18(13-14)11-3-5-15-6-8-16(12-17)9-7-15/h6-9,14H,2,4,10-11,13H2,1H3. The quantitative estimate of drug-likeness (QED) is 0.703. The summed E-state index contributed by atoms with van der Waals surface area (Å²) >= 11 is 0. The van der Waals surface area contributed by atoms with E-state index in [1.54, 1.807) is 0 Å². The van der Waals surface area contributed by atoms with E-state index in [0.29, 0.717) is 5.56 Å². The maximum atomic E-state index is 8.71. The van der Waals surface area contributed by atoms with Crippen LogP contribution in [0.2, 0.25) is 0 Å². The molecule has 0 amide bonds. The van der Waals surface area contributed by atoms with Crippen molar-refractivity contribution in [1.29, 1.82) is 5.26 Å². The van der Waals surface area contributed by atoms with E-state index < -0.39 is 0 Å². The zero-order valence-corrected chi connectivity index (χ0v) is 10.8. The molecule has 1 unspecified atom stereocenters. The van der Waals surface area contributed by atoms with Crippen LogP contribution in [0.25, 0.3) is 0 Å². The third-order valence-corrected chi connectivity index (χ3v) is 3.29. The average molecular weight is 238 g/mol. The predicted molar refractivity (Wildman–Crippen MR) is 72.9 cm³/mol. The summed E-state index contributed by atoms with van der Waals surface area (Å²) in [4.78, 5) is 2.42. The molecule has 1 aliphatic rings.